The summed E-state index contributed by atoms with van der Waals surface area (Å²) in [6, 6.07) is 1.96. The summed E-state index contributed by atoms with van der Waals surface area (Å²) in [7, 11) is 4.06. The summed E-state index contributed by atoms with van der Waals surface area (Å²) >= 11 is 5.02. The van der Waals surface area contributed by atoms with Crippen LogP contribution in [-0.2, 0) is 0 Å². The van der Waals surface area contributed by atoms with E-state index in [0.717, 1.165) is 35.0 Å². The molecule has 4 heteroatoms. The van der Waals surface area contributed by atoms with E-state index in [0.29, 0.717) is 5.78 Å². The van der Waals surface area contributed by atoms with Crippen molar-refractivity contribution in [3.8, 4) is 0 Å². The zero-order valence-corrected chi connectivity index (χ0v) is 12.7. The van der Waals surface area contributed by atoms with E-state index in [1.807, 2.05) is 25.5 Å². The van der Waals surface area contributed by atoms with Crippen molar-refractivity contribution in [3.63, 3.8) is 0 Å². The van der Waals surface area contributed by atoms with Crippen LogP contribution in [0.15, 0.2) is 15.9 Å². The molecule has 0 amide bonds. The molecular weight excluding hydrogens is 298 g/mol. The van der Waals surface area contributed by atoms with Crippen molar-refractivity contribution in [2.24, 2.45) is 0 Å². The highest BCUT2D eigenvalue weighted by atomic mass is 79.9. The van der Waals surface area contributed by atoms with Gasteiger partial charge in [0.25, 0.3) is 0 Å². The number of hydrogen-bond donors (Lipinski definition) is 0. The summed E-state index contributed by atoms with van der Waals surface area (Å²) < 4.78 is 0.944. The second-order valence-electron chi connectivity index (χ2n) is 4.91. The second kappa shape index (κ2) is 5.21. The molecule has 1 aliphatic carbocycles. The van der Waals surface area contributed by atoms with Crippen molar-refractivity contribution in [2.45, 2.75) is 37.6 Å². The Morgan fingerprint density at radius 3 is 2.47 bits per heavy atom. The summed E-state index contributed by atoms with van der Waals surface area (Å²) in [6.45, 7) is 0. The molecule has 1 aliphatic rings. The largest absolute Gasteiger partial charge is 0.297 e. The fraction of sp³-hybridized carbons (Fsp3) is 0.615. The van der Waals surface area contributed by atoms with Gasteiger partial charge in [0.2, 0.25) is 0 Å². The van der Waals surface area contributed by atoms with E-state index in [-0.39, 0.29) is 5.54 Å². The molecule has 1 aromatic heterocycles. The van der Waals surface area contributed by atoms with Gasteiger partial charge in [-0.05, 0) is 54.3 Å². The molecule has 1 fully saturated rings. The number of nitrogens with zero attached hydrogens (tertiary/aromatic N) is 1. The first-order valence-electron chi connectivity index (χ1n) is 6.03. The van der Waals surface area contributed by atoms with Crippen LogP contribution >= 0.6 is 27.3 Å². The van der Waals surface area contributed by atoms with Gasteiger partial charge in [0.05, 0.1) is 10.4 Å². The number of rotatable bonds is 3. The van der Waals surface area contributed by atoms with Gasteiger partial charge >= 0.3 is 0 Å². The molecule has 2 rings (SSSR count). The lowest BCUT2D eigenvalue weighted by Crippen LogP contribution is -2.52. The van der Waals surface area contributed by atoms with E-state index in [1.165, 1.54) is 6.42 Å². The van der Waals surface area contributed by atoms with Crippen molar-refractivity contribution in [2.75, 3.05) is 14.1 Å². The zero-order chi connectivity index (χ0) is 12.5. The maximum Gasteiger partial charge on any atom is 0.194 e. The summed E-state index contributed by atoms with van der Waals surface area (Å²) in [6.07, 6.45) is 5.56. The average molecular weight is 316 g/mol. The minimum absolute atomic E-state index is 0.272. The Labute approximate surface area is 115 Å². The number of hydrogen-bond acceptors (Lipinski definition) is 3. The molecule has 0 spiro atoms. The molecule has 1 saturated carbocycles. The van der Waals surface area contributed by atoms with E-state index >= 15 is 0 Å². The van der Waals surface area contributed by atoms with Gasteiger partial charge in [0.1, 0.15) is 0 Å². The molecular formula is C13H18BrNOS. The standard InChI is InChI=1S/C13H18BrNOS/c1-15(2)13(7-4-3-5-8-13)12(16)11-10(14)6-9-17-11/h6,9H,3-5,7-8H2,1-2H3. The van der Waals surface area contributed by atoms with Crippen molar-refractivity contribution in [3.05, 3.63) is 20.8 Å². The Morgan fingerprint density at radius 2 is 2.00 bits per heavy atom. The van der Waals surface area contributed by atoms with Crippen molar-refractivity contribution < 1.29 is 4.79 Å². The smallest absolute Gasteiger partial charge is 0.194 e. The third kappa shape index (κ3) is 2.35. The quantitative estimate of drug-likeness (QED) is 0.787. The summed E-state index contributed by atoms with van der Waals surface area (Å²) in [5, 5.41) is 1.98. The third-order valence-electron chi connectivity index (χ3n) is 3.78. The zero-order valence-electron chi connectivity index (χ0n) is 10.3. The number of Topliss-reactive ketones (excluding diaryl/α,β-unsaturated/α-hetero) is 1. The van der Waals surface area contributed by atoms with Crippen LogP contribution in [0.5, 0.6) is 0 Å². The molecule has 1 heterocycles. The molecule has 2 nitrogen and oxygen atoms in total. The van der Waals surface area contributed by atoms with E-state index < -0.39 is 0 Å². The monoisotopic (exact) mass is 315 g/mol. The molecule has 0 unspecified atom stereocenters. The SMILES string of the molecule is CN(C)C1(C(=O)c2sccc2Br)CCCCC1. The van der Waals surface area contributed by atoms with Crippen LogP contribution in [0.3, 0.4) is 0 Å². The van der Waals surface area contributed by atoms with Crippen LogP contribution in [0.1, 0.15) is 41.8 Å². The van der Waals surface area contributed by atoms with Crippen molar-refractivity contribution >= 4 is 33.0 Å². The summed E-state index contributed by atoms with van der Waals surface area (Å²) in [5.41, 5.74) is -0.272. The minimum atomic E-state index is -0.272. The number of ketones is 1. The topological polar surface area (TPSA) is 20.3 Å². The number of carbonyl (C=O) groups is 1. The Kier molecular flexibility index (Phi) is 4.06. The number of thiophene rings is 1. The molecule has 0 bridgehead atoms. The van der Waals surface area contributed by atoms with Crippen LogP contribution in [0, 0.1) is 0 Å². The Balaban J connectivity index is 2.34. The van der Waals surface area contributed by atoms with Crippen LogP contribution in [0.4, 0.5) is 0 Å². The van der Waals surface area contributed by atoms with Gasteiger partial charge in [0, 0.05) is 4.47 Å². The number of halogens is 1. The van der Waals surface area contributed by atoms with Crippen LogP contribution in [-0.4, -0.2) is 30.3 Å². The lowest BCUT2D eigenvalue weighted by Gasteiger charge is -2.41. The second-order valence-corrected chi connectivity index (χ2v) is 6.68. The number of carbonyl (C=O) groups excluding carboxylic acids is 1. The highest BCUT2D eigenvalue weighted by molar-refractivity contribution is 9.10. The normalized spacial score (nSPS) is 19.5. The highest BCUT2D eigenvalue weighted by Crippen LogP contribution is 2.38. The molecule has 0 aliphatic heterocycles. The van der Waals surface area contributed by atoms with E-state index in [1.54, 1.807) is 11.3 Å². The van der Waals surface area contributed by atoms with E-state index in [2.05, 4.69) is 20.8 Å². The maximum atomic E-state index is 12.8. The maximum absolute atomic E-state index is 12.8. The molecule has 0 radical (unpaired) electrons. The predicted octanol–water partition coefficient (Wildman–Crippen LogP) is 3.96. The average Bonchev–Trinajstić information content (AvgIpc) is 2.75. The first kappa shape index (κ1) is 13.2. The number of likely N-dealkylation sites (N-methyl/N-ethyl adjacent to an activating group) is 1. The Bertz CT molecular complexity index is 407. The van der Waals surface area contributed by atoms with Gasteiger partial charge in [-0.25, -0.2) is 0 Å². The van der Waals surface area contributed by atoms with Crippen LogP contribution < -0.4 is 0 Å². The molecule has 1 aromatic rings. The molecule has 94 valence electrons. The van der Waals surface area contributed by atoms with Gasteiger partial charge < -0.3 is 0 Å². The lowest BCUT2D eigenvalue weighted by atomic mass is 9.77. The Hall–Kier alpha value is -0.190. The van der Waals surface area contributed by atoms with E-state index in [4.69, 9.17) is 0 Å². The van der Waals surface area contributed by atoms with Crippen molar-refractivity contribution in [1.82, 2.24) is 4.90 Å². The first-order valence-corrected chi connectivity index (χ1v) is 7.70. The lowest BCUT2D eigenvalue weighted by molar-refractivity contribution is 0.0568. The van der Waals surface area contributed by atoms with Crippen LogP contribution in [0.2, 0.25) is 0 Å². The van der Waals surface area contributed by atoms with E-state index in [9.17, 15) is 4.79 Å². The molecule has 0 saturated heterocycles. The van der Waals surface area contributed by atoms with Crippen molar-refractivity contribution in [1.29, 1.82) is 0 Å². The highest BCUT2D eigenvalue weighted by Gasteiger charge is 2.42. The molecule has 17 heavy (non-hydrogen) atoms. The fourth-order valence-corrected chi connectivity index (χ4v) is 4.27. The molecule has 0 aromatic carbocycles. The third-order valence-corrected chi connectivity index (χ3v) is 5.62. The van der Waals surface area contributed by atoms with Gasteiger partial charge in [-0.1, -0.05) is 19.3 Å². The predicted molar refractivity (Wildman–Crippen MR) is 75.9 cm³/mol. The van der Waals surface area contributed by atoms with Gasteiger partial charge in [-0.2, -0.15) is 0 Å². The van der Waals surface area contributed by atoms with Gasteiger partial charge in [-0.15, -0.1) is 11.3 Å². The summed E-state index contributed by atoms with van der Waals surface area (Å²) in [4.78, 5) is 15.8. The fourth-order valence-electron chi connectivity index (χ4n) is 2.68. The minimum Gasteiger partial charge on any atom is -0.297 e. The molecule has 0 atom stereocenters. The van der Waals surface area contributed by atoms with Crippen LogP contribution in [0.25, 0.3) is 0 Å². The van der Waals surface area contributed by atoms with Gasteiger partial charge in [0.15, 0.2) is 5.78 Å². The summed E-state index contributed by atoms with van der Waals surface area (Å²) in [5.74, 6) is 0.295. The van der Waals surface area contributed by atoms with Gasteiger partial charge in [-0.3, -0.25) is 9.69 Å². The first-order chi connectivity index (χ1) is 8.08. The Morgan fingerprint density at radius 1 is 1.35 bits per heavy atom. The molecule has 0 N–H and O–H groups in total.